The molecule has 2 atom stereocenters. The van der Waals surface area contributed by atoms with Crippen LogP contribution >= 0.6 is 0 Å². The Morgan fingerprint density at radius 3 is 2.62 bits per heavy atom. The molecule has 1 unspecified atom stereocenters. The molecular formula is C17H22O4. The molecule has 1 aromatic carbocycles. The Morgan fingerprint density at radius 2 is 1.95 bits per heavy atom. The summed E-state index contributed by atoms with van der Waals surface area (Å²) in [6.45, 7) is 1.81. The number of ether oxygens (including phenoxy) is 3. The zero-order valence-electron chi connectivity index (χ0n) is 12.4. The minimum absolute atomic E-state index is 0.0511. The van der Waals surface area contributed by atoms with Crippen LogP contribution < -0.4 is 0 Å². The van der Waals surface area contributed by atoms with Gasteiger partial charge >= 0.3 is 5.97 Å². The monoisotopic (exact) mass is 290 g/mol. The van der Waals surface area contributed by atoms with E-state index in [0.29, 0.717) is 13.0 Å². The van der Waals surface area contributed by atoms with Crippen molar-refractivity contribution in [3.8, 4) is 0 Å². The number of carbonyl (C=O) groups is 1. The second-order valence-electron chi connectivity index (χ2n) is 5.85. The molecule has 1 saturated heterocycles. The van der Waals surface area contributed by atoms with Gasteiger partial charge in [0.1, 0.15) is 6.10 Å². The zero-order chi connectivity index (χ0) is 14.7. The standard InChI is InChI=1S/C17H22O4/c1-13(18)19-12-9-15-16(14-7-3-2-4-8-14)21-17(20-15)10-5-6-11-17/h2-4,7-8,15-16H,5-6,9-12H2,1H3/t15?,16-/m1/s1. The summed E-state index contributed by atoms with van der Waals surface area (Å²) in [7, 11) is 0. The van der Waals surface area contributed by atoms with Crippen LogP contribution in [0.25, 0.3) is 0 Å². The first-order chi connectivity index (χ1) is 10.2. The van der Waals surface area contributed by atoms with Crippen molar-refractivity contribution in [2.24, 2.45) is 0 Å². The highest BCUT2D eigenvalue weighted by atomic mass is 16.8. The summed E-state index contributed by atoms with van der Waals surface area (Å²) in [6.07, 6.45) is 4.77. The van der Waals surface area contributed by atoms with E-state index in [0.717, 1.165) is 31.2 Å². The Balaban J connectivity index is 1.72. The van der Waals surface area contributed by atoms with Crippen molar-refractivity contribution >= 4 is 5.97 Å². The summed E-state index contributed by atoms with van der Waals surface area (Å²) < 4.78 is 17.6. The Morgan fingerprint density at radius 1 is 1.24 bits per heavy atom. The number of carbonyl (C=O) groups excluding carboxylic acids is 1. The lowest BCUT2D eigenvalue weighted by Crippen LogP contribution is -2.26. The maximum absolute atomic E-state index is 10.9. The van der Waals surface area contributed by atoms with Gasteiger partial charge in [0, 0.05) is 26.2 Å². The molecule has 4 heteroatoms. The van der Waals surface area contributed by atoms with Crippen molar-refractivity contribution in [1.82, 2.24) is 0 Å². The van der Waals surface area contributed by atoms with E-state index in [1.807, 2.05) is 18.2 Å². The van der Waals surface area contributed by atoms with Gasteiger partial charge in [0.25, 0.3) is 0 Å². The lowest BCUT2D eigenvalue weighted by atomic mass is 10.0. The summed E-state index contributed by atoms with van der Waals surface area (Å²) in [6, 6.07) is 10.2. The summed E-state index contributed by atoms with van der Waals surface area (Å²) in [5.74, 6) is -0.665. The molecule has 0 amide bonds. The van der Waals surface area contributed by atoms with E-state index in [1.54, 1.807) is 0 Å². The highest BCUT2D eigenvalue weighted by Crippen LogP contribution is 2.47. The lowest BCUT2D eigenvalue weighted by molar-refractivity contribution is -0.171. The predicted octanol–water partition coefficient (Wildman–Crippen LogP) is 3.37. The second-order valence-corrected chi connectivity index (χ2v) is 5.85. The smallest absolute Gasteiger partial charge is 0.302 e. The molecule has 1 aliphatic carbocycles. The van der Waals surface area contributed by atoms with Gasteiger partial charge in [-0.2, -0.15) is 0 Å². The molecule has 2 aliphatic rings. The van der Waals surface area contributed by atoms with Gasteiger partial charge in [0.2, 0.25) is 0 Å². The van der Waals surface area contributed by atoms with Crippen molar-refractivity contribution in [2.45, 2.75) is 57.0 Å². The van der Waals surface area contributed by atoms with E-state index in [4.69, 9.17) is 14.2 Å². The fourth-order valence-corrected chi connectivity index (χ4v) is 3.28. The number of rotatable bonds is 4. The summed E-state index contributed by atoms with van der Waals surface area (Å²) in [5, 5.41) is 0. The average molecular weight is 290 g/mol. The van der Waals surface area contributed by atoms with E-state index in [-0.39, 0.29) is 18.2 Å². The summed E-state index contributed by atoms with van der Waals surface area (Å²) in [4.78, 5) is 10.9. The van der Waals surface area contributed by atoms with Gasteiger partial charge in [0.15, 0.2) is 5.79 Å². The molecule has 3 rings (SSSR count). The van der Waals surface area contributed by atoms with Crippen molar-refractivity contribution in [3.63, 3.8) is 0 Å². The number of benzene rings is 1. The van der Waals surface area contributed by atoms with Gasteiger partial charge in [-0.15, -0.1) is 0 Å². The summed E-state index contributed by atoms with van der Waals surface area (Å²) in [5.41, 5.74) is 1.13. The van der Waals surface area contributed by atoms with Crippen LogP contribution in [-0.2, 0) is 19.0 Å². The molecule has 0 radical (unpaired) electrons. The molecular weight excluding hydrogens is 268 g/mol. The van der Waals surface area contributed by atoms with E-state index >= 15 is 0 Å². The maximum atomic E-state index is 10.9. The van der Waals surface area contributed by atoms with Crippen molar-refractivity contribution in [2.75, 3.05) is 6.61 Å². The average Bonchev–Trinajstić information content (AvgIpc) is 3.08. The third-order valence-electron chi connectivity index (χ3n) is 4.25. The fourth-order valence-electron chi connectivity index (χ4n) is 3.28. The van der Waals surface area contributed by atoms with Crippen molar-refractivity contribution in [3.05, 3.63) is 35.9 Å². The molecule has 1 aliphatic heterocycles. The van der Waals surface area contributed by atoms with E-state index < -0.39 is 5.79 Å². The Bertz CT molecular complexity index is 479. The van der Waals surface area contributed by atoms with Gasteiger partial charge in [-0.1, -0.05) is 30.3 Å². The first kappa shape index (κ1) is 14.5. The molecule has 1 spiro atoms. The van der Waals surface area contributed by atoms with Gasteiger partial charge < -0.3 is 14.2 Å². The molecule has 0 N–H and O–H groups in total. The molecule has 2 fully saturated rings. The van der Waals surface area contributed by atoms with Crippen LogP contribution in [-0.4, -0.2) is 24.5 Å². The molecule has 114 valence electrons. The number of hydrogen-bond acceptors (Lipinski definition) is 4. The van der Waals surface area contributed by atoms with Gasteiger partial charge in [-0.25, -0.2) is 0 Å². The fraction of sp³-hybridized carbons (Fsp3) is 0.588. The highest BCUT2D eigenvalue weighted by Gasteiger charge is 2.49. The quantitative estimate of drug-likeness (QED) is 0.798. The first-order valence-corrected chi connectivity index (χ1v) is 7.72. The van der Waals surface area contributed by atoms with E-state index in [1.165, 1.54) is 6.92 Å². The molecule has 21 heavy (non-hydrogen) atoms. The molecule has 1 aromatic rings. The Labute approximate surface area is 125 Å². The third-order valence-corrected chi connectivity index (χ3v) is 4.25. The SMILES string of the molecule is CC(=O)OCCC1OC2(CCCC2)O[C@@H]1c1ccccc1. The minimum atomic E-state index is -0.415. The maximum Gasteiger partial charge on any atom is 0.302 e. The van der Waals surface area contributed by atoms with Crippen LogP contribution in [0, 0.1) is 0 Å². The molecule has 4 nitrogen and oxygen atoms in total. The number of hydrogen-bond donors (Lipinski definition) is 0. The first-order valence-electron chi connectivity index (χ1n) is 7.72. The Kier molecular flexibility index (Phi) is 4.27. The molecule has 1 heterocycles. The number of esters is 1. The van der Waals surface area contributed by atoms with Crippen LogP contribution in [0.2, 0.25) is 0 Å². The third kappa shape index (κ3) is 3.27. The second kappa shape index (κ2) is 6.16. The van der Waals surface area contributed by atoms with Gasteiger partial charge in [-0.3, -0.25) is 4.79 Å². The van der Waals surface area contributed by atoms with Crippen LogP contribution in [0.15, 0.2) is 30.3 Å². The molecule has 0 aromatic heterocycles. The minimum Gasteiger partial charge on any atom is -0.466 e. The van der Waals surface area contributed by atoms with Crippen LogP contribution in [0.3, 0.4) is 0 Å². The van der Waals surface area contributed by atoms with Crippen molar-refractivity contribution < 1.29 is 19.0 Å². The van der Waals surface area contributed by atoms with Crippen LogP contribution in [0.4, 0.5) is 0 Å². The lowest BCUT2D eigenvalue weighted by Gasteiger charge is -2.22. The van der Waals surface area contributed by atoms with Crippen molar-refractivity contribution in [1.29, 1.82) is 0 Å². The molecule has 1 saturated carbocycles. The zero-order valence-corrected chi connectivity index (χ0v) is 12.4. The largest absolute Gasteiger partial charge is 0.466 e. The normalized spacial score (nSPS) is 27.1. The predicted molar refractivity (Wildman–Crippen MR) is 77.6 cm³/mol. The topological polar surface area (TPSA) is 44.8 Å². The van der Waals surface area contributed by atoms with Crippen LogP contribution in [0.1, 0.15) is 50.7 Å². The van der Waals surface area contributed by atoms with Gasteiger partial charge in [-0.05, 0) is 18.4 Å². The highest BCUT2D eigenvalue weighted by molar-refractivity contribution is 5.65. The Hall–Kier alpha value is -1.39. The van der Waals surface area contributed by atoms with E-state index in [9.17, 15) is 4.79 Å². The van der Waals surface area contributed by atoms with Gasteiger partial charge in [0.05, 0.1) is 12.7 Å². The summed E-state index contributed by atoms with van der Waals surface area (Å²) >= 11 is 0. The van der Waals surface area contributed by atoms with Crippen LogP contribution in [0.5, 0.6) is 0 Å². The molecule has 0 bridgehead atoms. The van der Waals surface area contributed by atoms with E-state index in [2.05, 4.69) is 12.1 Å².